The van der Waals surface area contributed by atoms with Crippen LogP contribution in [0.5, 0.6) is 0 Å². The topological polar surface area (TPSA) is 69.7 Å². The van der Waals surface area contributed by atoms with Crippen LogP contribution in [-0.2, 0) is 10.0 Å². The fourth-order valence-corrected chi connectivity index (χ4v) is 3.97. The first-order chi connectivity index (χ1) is 10.3. The first-order valence-corrected chi connectivity index (χ1v) is 8.93. The predicted molar refractivity (Wildman–Crippen MR) is 85.5 cm³/mol. The number of rotatable bonds is 3. The van der Waals surface area contributed by atoms with Gasteiger partial charge in [0.2, 0.25) is 10.0 Å². The Hall–Kier alpha value is -1.31. The molecule has 1 saturated heterocycles. The molecule has 1 fully saturated rings. The van der Waals surface area contributed by atoms with Gasteiger partial charge < -0.3 is 10.2 Å². The molecule has 0 unspecified atom stereocenters. The lowest BCUT2D eigenvalue weighted by Crippen LogP contribution is -2.53. The quantitative estimate of drug-likeness (QED) is 0.907. The first kappa shape index (κ1) is 17.1. The highest BCUT2D eigenvalue weighted by atomic mass is 35.5. The van der Waals surface area contributed by atoms with Gasteiger partial charge >= 0.3 is 6.03 Å². The van der Waals surface area contributed by atoms with E-state index >= 15 is 0 Å². The van der Waals surface area contributed by atoms with Crippen LogP contribution in [-0.4, -0.2) is 55.9 Å². The van der Waals surface area contributed by atoms with Gasteiger partial charge in [-0.2, -0.15) is 4.31 Å². The number of hydrogen-bond donors (Lipinski definition) is 1. The van der Waals surface area contributed by atoms with E-state index in [0.717, 1.165) is 0 Å². The molecule has 0 bridgehead atoms. The summed E-state index contributed by atoms with van der Waals surface area (Å²) in [5.41, 5.74) is 0. The number of carbonyl (C=O) groups excluding carboxylic acids is 1. The Morgan fingerprint density at radius 1 is 1.23 bits per heavy atom. The summed E-state index contributed by atoms with van der Waals surface area (Å²) in [5.74, 6) is 0. The molecule has 0 aromatic heterocycles. The molecule has 8 heteroatoms. The summed E-state index contributed by atoms with van der Waals surface area (Å²) in [7, 11) is -3.57. The molecule has 1 heterocycles. The molecule has 0 spiro atoms. The zero-order chi connectivity index (χ0) is 16.3. The average molecular weight is 346 g/mol. The van der Waals surface area contributed by atoms with E-state index < -0.39 is 10.0 Å². The largest absolute Gasteiger partial charge is 0.336 e. The number of amides is 2. The second kappa shape index (κ2) is 6.85. The molecular weight excluding hydrogens is 326 g/mol. The van der Waals surface area contributed by atoms with Crippen LogP contribution < -0.4 is 5.32 Å². The van der Waals surface area contributed by atoms with Gasteiger partial charge in [-0.25, -0.2) is 13.2 Å². The normalized spacial score (nSPS) is 16.8. The molecule has 0 saturated carbocycles. The van der Waals surface area contributed by atoms with Crippen LogP contribution in [0.4, 0.5) is 4.79 Å². The van der Waals surface area contributed by atoms with Crippen molar-refractivity contribution in [3.05, 3.63) is 29.3 Å². The van der Waals surface area contributed by atoms with E-state index in [4.69, 9.17) is 11.6 Å². The van der Waals surface area contributed by atoms with Crippen LogP contribution in [0.2, 0.25) is 5.02 Å². The number of carbonyl (C=O) groups is 1. The third-order valence-corrected chi connectivity index (χ3v) is 5.50. The highest BCUT2D eigenvalue weighted by Gasteiger charge is 2.30. The molecule has 2 rings (SSSR count). The zero-order valence-corrected chi connectivity index (χ0v) is 14.2. The fourth-order valence-electron chi connectivity index (χ4n) is 2.25. The molecule has 6 nitrogen and oxygen atoms in total. The molecule has 22 heavy (non-hydrogen) atoms. The summed E-state index contributed by atoms with van der Waals surface area (Å²) in [6, 6.07) is 6.11. The van der Waals surface area contributed by atoms with Gasteiger partial charge in [-0.3, -0.25) is 0 Å². The van der Waals surface area contributed by atoms with Crippen molar-refractivity contribution in [1.29, 1.82) is 0 Å². The lowest BCUT2D eigenvalue weighted by Gasteiger charge is -2.34. The van der Waals surface area contributed by atoms with E-state index in [1.54, 1.807) is 17.0 Å². The van der Waals surface area contributed by atoms with Crippen LogP contribution in [0, 0.1) is 0 Å². The Morgan fingerprint density at radius 2 is 1.86 bits per heavy atom. The Kier molecular flexibility index (Phi) is 5.31. The smallest absolute Gasteiger partial charge is 0.317 e. The third-order valence-electron chi connectivity index (χ3n) is 3.37. The molecule has 122 valence electrons. The molecule has 1 aliphatic heterocycles. The zero-order valence-electron chi connectivity index (χ0n) is 12.6. The lowest BCUT2D eigenvalue weighted by molar-refractivity contribution is 0.170. The van der Waals surface area contributed by atoms with Crippen LogP contribution in [0.25, 0.3) is 0 Å². The number of halogens is 1. The van der Waals surface area contributed by atoms with Crippen molar-refractivity contribution >= 4 is 27.7 Å². The van der Waals surface area contributed by atoms with Gasteiger partial charge in [-0.1, -0.05) is 17.7 Å². The summed E-state index contributed by atoms with van der Waals surface area (Å²) in [6.07, 6.45) is 0. The van der Waals surface area contributed by atoms with Gasteiger partial charge in [0.15, 0.2) is 0 Å². The van der Waals surface area contributed by atoms with Gasteiger partial charge in [-0.05, 0) is 32.0 Å². The predicted octanol–water partition coefficient (Wildman–Crippen LogP) is 1.76. The molecule has 0 atom stereocenters. The van der Waals surface area contributed by atoms with E-state index in [9.17, 15) is 13.2 Å². The average Bonchev–Trinajstić information content (AvgIpc) is 2.46. The maximum Gasteiger partial charge on any atom is 0.317 e. The highest BCUT2D eigenvalue weighted by Crippen LogP contribution is 2.20. The fraction of sp³-hybridized carbons (Fsp3) is 0.500. The summed E-state index contributed by atoms with van der Waals surface area (Å²) < 4.78 is 26.5. The maximum absolute atomic E-state index is 12.5. The Bertz CT molecular complexity index is 640. The van der Waals surface area contributed by atoms with Crippen molar-refractivity contribution < 1.29 is 13.2 Å². The molecule has 1 aliphatic rings. The van der Waals surface area contributed by atoms with E-state index in [1.165, 1.54) is 16.4 Å². The molecule has 0 aliphatic carbocycles. The SMILES string of the molecule is CC(C)NC(=O)N1CCN(S(=O)(=O)c2cccc(Cl)c2)CC1. The van der Waals surface area contributed by atoms with Crippen LogP contribution in [0.3, 0.4) is 0 Å². The van der Waals surface area contributed by atoms with Crippen molar-refractivity contribution in [3.63, 3.8) is 0 Å². The van der Waals surface area contributed by atoms with Gasteiger partial charge in [0, 0.05) is 37.2 Å². The van der Waals surface area contributed by atoms with Gasteiger partial charge in [-0.15, -0.1) is 0 Å². The number of urea groups is 1. The minimum absolute atomic E-state index is 0.0562. The number of hydrogen-bond acceptors (Lipinski definition) is 3. The third kappa shape index (κ3) is 3.91. The molecule has 1 aromatic carbocycles. The minimum Gasteiger partial charge on any atom is -0.336 e. The van der Waals surface area contributed by atoms with Gasteiger partial charge in [0.05, 0.1) is 4.90 Å². The van der Waals surface area contributed by atoms with Crippen molar-refractivity contribution in [2.75, 3.05) is 26.2 Å². The highest BCUT2D eigenvalue weighted by molar-refractivity contribution is 7.89. The Balaban J connectivity index is 2.03. The summed E-state index contributed by atoms with van der Waals surface area (Å²) in [6.45, 7) is 5.08. The van der Waals surface area contributed by atoms with Gasteiger partial charge in [0.25, 0.3) is 0 Å². The number of benzene rings is 1. The monoisotopic (exact) mass is 345 g/mol. The molecule has 2 amide bonds. The maximum atomic E-state index is 12.5. The Labute approximate surface area is 136 Å². The van der Waals surface area contributed by atoms with Crippen molar-refractivity contribution in [1.82, 2.24) is 14.5 Å². The molecular formula is C14H20ClN3O3S. The Morgan fingerprint density at radius 3 is 2.41 bits per heavy atom. The minimum atomic E-state index is -3.57. The van der Waals surface area contributed by atoms with Crippen molar-refractivity contribution in [2.45, 2.75) is 24.8 Å². The number of sulfonamides is 1. The van der Waals surface area contributed by atoms with E-state index in [-0.39, 0.29) is 30.1 Å². The summed E-state index contributed by atoms with van der Waals surface area (Å²) in [4.78, 5) is 13.7. The summed E-state index contributed by atoms with van der Waals surface area (Å²) >= 11 is 5.86. The number of nitrogens with zero attached hydrogens (tertiary/aromatic N) is 2. The van der Waals surface area contributed by atoms with E-state index in [1.807, 2.05) is 13.8 Å². The second-order valence-corrected chi connectivity index (χ2v) is 7.83. The lowest BCUT2D eigenvalue weighted by atomic mass is 10.3. The molecule has 1 aromatic rings. The number of nitrogens with one attached hydrogen (secondary N) is 1. The second-order valence-electron chi connectivity index (χ2n) is 5.45. The standard InChI is InChI=1S/C14H20ClN3O3S/c1-11(2)16-14(19)17-6-8-18(9-7-17)22(20,21)13-5-3-4-12(15)10-13/h3-5,10-11H,6-9H2,1-2H3,(H,16,19). The van der Waals surface area contributed by atoms with Crippen LogP contribution in [0.1, 0.15) is 13.8 Å². The number of piperazine rings is 1. The van der Waals surface area contributed by atoms with E-state index in [0.29, 0.717) is 18.1 Å². The van der Waals surface area contributed by atoms with E-state index in [2.05, 4.69) is 5.32 Å². The van der Waals surface area contributed by atoms with Crippen LogP contribution in [0.15, 0.2) is 29.2 Å². The molecule has 0 radical (unpaired) electrons. The van der Waals surface area contributed by atoms with Crippen molar-refractivity contribution in [3.8, 4) is 0 Å². The summed E-state index contributed by atoms with van der Waals surface area (Å²) in [5, 5.41) is 3.19. The van der Waals surface area contributed by atoms with Gasteiger partial charge in [0.1, 0.15) is 0 Å². The molecule has 1 N–H and O–H groups in total. The van der Waals surface area contributed by atoms with Crippen molar-refractivity contribution in [2.24, 2.45) is 0 Å². The first-order valence-electron chi connectivity index (χ1n) is 7.12. The van der Waals surface area contributed by atoms with Crippen LogP contribution >= 0.6 is 11.6 Å².